The molecule has 0 bridgehead atoms. The average Bonchev–Trinajstić information content (AvgIpc) is 2.78. The summed E-state index contributed by atoms with van der Waals surface area (Å²) in [6, 6.07) is 0.407. The van der Waals surface area contributed by atoms with E-state index in [-0.39, 0.29) is 11.8 Å². The molecule has 2 rings (SSSR count). The fraction of sp³-hybridized carbons (Fsp3) is 0.759. The molecule has 32 heavy (non-hydrogen) atoms. The summed E-state index contributed by atoms with van der Waals surface area (Å²) in [6.07, 6.45) is 19.5. The van der Waals surface area contributed by atoms with Crippen LogP contribution in [-0.2, 0) is 4.79 Å². The Bertz CT molecular complexity index is 597. The van der Waals surface area contributed by atoms with Crippen LogP contribution in [0.3, 0.4) is 0 Å². The molecule has 0 aromatic heterocycles. The number of rotatable bonds is 8. The monoisotopic (exact) mass is 444 g/mol. The molecule has 2 aliphatic carbocycles. The van der Waals surface area contributed by atoms with Crippen LogP contribution in [0.1, 0.15) is 106 Å². The van der Waals surface area contributed by atoms with Crippen LogP contribution in [0.5, 0.6) is 0 Å². The second kappa shape index (κ2) is 14.7. The Balaban J connectivity index is 0.00000249. The van der Waals surface area contributed by atoms with E-state index in [4.69, 9.17) is 5.73 Å². The third kappa shape index (κ3) is 9.65. The number of hydrogen-bond acceptors (Lipinski definition) is 2. The molecule has 1 atom stereocenters. The molecule has 0 heterocycles. The van der Waals surface area contributed by atoms with Gasteiger partial charge in [-0.1, -0.05) is 66.7 Å². The highest BCUT2D eigenvalue weighted by Gasteiger charge is 2.35. The quantitative estimate of drug-likeness (QED) is 0.380. The zero-order valence-corrected chi connectivity index (χ0v) is 22.0. The SMILES string of the molecule is C=C/C(=C\C=C\CC1CCC(N)CC1)NC(=O)C1CCC(C(CC)C(C)(C)C)CC1.CC. The number of nitrogens with two attached hydrogens (primary N) is 1. The van der Waals surface area contributed by atoms with Crippen molar-refractivity contribution in [1.82, 2.24) is 5.32 Å². The van der Waals surface area contributed by atoms with Gasteiger partial charge in [-0.05, 0) is 93.1 Å². The van der Waals surface area contributed by atoms with Crippen LogP contribution in [0, 0.1) is 29.1 Å². The van der Waals surface area contributed by atoms with Gasteiger partial charge in [-0.2, -0.15) is 0 Å². The molecule has 184 valence electrons. The maximum Gasteiger partial charge on any atom is 0.227 e. The van der Waals surface area contributed by atoms with E-state index >= 15 is 0 Å². The number of allylic oxidation sites excluding steroid dienone is 4. The number of nitrogens with one attached hydrogen (secondary N) is 1. The molecule has 0 aliphatic heterocycles. The van der Waals surface area contributed by atoms with E-state index in [1.54, 1.807) is 6.08 Å². The summed E-state index contributed by atoms with van der Waals surface area (Å²) in [5.41, 5.74) is 7.15. The van der Waals surface area contributed by atoms with Crippen molar-refractivity contribution >= 4 is 5.91 Å². The van der Waals surface area contributed by atoms with Crippen molar-refractivity contribution in [3.8, 4) is 0 Å². The Hall–Kier alpha value is -1.35. The van der Waals surface area contributed by atoms with Gasteiger partial charge in [0.25, 0.3) is 0 Å². The summed E-state index contributed by atoms with van der Waals surface area (Å²) in [5, 5.41) is 3.11. The highest BCUT2D eigenvalue weighted by Crippen LogP contribution is 2.43. The maximum atomic E-state index is 12.8. The molecule has 0 radical (unpaired) electrons. The Morgan fingerprint density at radius 2 is 1.66 bits per heavy atom. The van der Waals surface area contributed by atoms with Crippen molar-refractivity contribution in [2.24, 2.45) is 34.8 Å². The molecule has 3 heteroatoms. The molecule has 3 N–H and O–H groups in total. The number of hydrogen-bond donors (Lipinski definition) is 2. The zero-order chi connectivity index (χ0) is 24.1. The third-order valence-electron chi connectivity index (χ3n) is 7.52. The molecule has 1 amide bonds. The summed E-state index contributed by atoms with van der Waals surface area (Å²) in [4.78, 5) is 12.8. The van der Waals surface area contributed by atoms with E-state index in [9.17, 15) is 4.79 Å². The van der Waals surface area contributed by atoms with E-state index < -0.39 is 0 Å². The minimum Gasteiger partial charge on any atom is -0.328 e. The van der Waals surface area contributed by atoms with Crippen LogP contribution >= 0.6 is 0 Å². The van der Waals surface area contributed by atoms with Crippen LogP contribution in [-0.4, -0.2) is 11.9 Å². The lowest BCUT2D eigenvalue weighted by molar-refractivity contribution is -0.125. The predicted octanol–water partition coefficient (Wildman–Crippen LogP) is 7.54. The fourth-order valence-corrected chi connectivity index (χ4v) is 5.71. The molecule has 1 unspecified atom stereocenters. The van der Waals surface area contributed by atoms with E-state index in [0.717, 1.165) is 55.6 Å². The van der Waals surface area contributed by atoms with Crippen LogP contribution < -0.4 is 11.1 Å². The normalized spacial score (nSPS) is 27.9. The van der Waals surface area contributed by atoms with E-state index in [0.29, 0.717) is 11.5 Å². The Morgan fingerprint density at radius 1 is 1.06 bits per heavy atom. The van der Waals surface area contributed by atoms with Crippen molar-refractivity contribution in [2.75, 3.05) is 0 Å². The van der Waals surface area contributed by atoms with Crippen molar-refractivity contribution < 1.29 is 4.79 Å². The standard InChI is InChI=1S/C27H46N2O.C2H6/c1-6-24(11-9-8-10-20-12-18-23(28)19-13-20)29-26(30)22-16-14-21(15-17-22)25(7-2)27(3,4)5;1-2/h6,8-9,11,20-23,25H,1,7,10,12-19,28H2,2-5H3,(H,29,30);1-2H3/b9-8+,24-11+;. The largest absolute Gasteiger partial charge is 0.328 e. The summed E-state index contributed by atoms with van der Waals surface area (Å²) in [6.45, 7) is 17.3. The Labute approximate surface area is 199 Å². The summed E-state index contributed by atoms with van der Waals surface area (Å²) < 4.78 is 0. The molecule has 3 nitrogen and oxygen atoms in total. The predicted molar refractivity (Wildman–Crippen MR) is 140 cm³/mol. The molecule has 0 spiro atoms. The molecule has 2 aliphatic rings. The van der Waals surface area contributed by atoms with Crippen LogP contribution in [0.15, 0.2) is 36.6 Å². The molecule has 0 aromatic carbocycles. The van der Waals surface area contributed by atoms with Gasteiger partial charge in [0.2, 0.25) is 5.91 Å². The first-order chi connectivity index (χ1) is 15.2. The maximum absolute atomic E-state index is 12.8. The zero-order valence-electron chi connectivity index (χ0n) is 22.0. The van der Waals surface area contributed by atoms with Gasteiger partial charge in [-0.3, -0.25) is 4.79 Å². The second-order valence-corrected chi connectivity index (χ2v) is 10.8. The highest BCUT2D eigenvalue weighted by atomic mass is 16.1. The summed E-state index contributed by atoms with van der Waals surface area (Å²) in [5.74, 6) is 2.56. The first-order valence-corrected chi connectivity index (χ1v) is 13.3. The van der Waals surface area contributed by atoms with Crippen molar-refractivity contribution in [3.05, 3.63) is 36.6 Å². The smallest absolute Gasteiger partial charge is 0.227 e. The third-order valence-corrected chi connectivity index (χ3v) is 7.52. The van der Waals surface area contributed by atoms with Crippen molar-refractivity contribution in [2.45, 2.75) is 112 Å². The average molecular weight is 445 g/mol. The van der Waals surface area contributed by atoms with Gasteiger partial charge in [-0.25, -0.2) is 0 Å². The number of amides is 1. The molecule has 2 fully saturated rings. The molecular formula is C29H52N2O. The van der Waals surface area contributed by atoms with E-state index in [1.807, 2.05) is 19.9 Å². The Kier molecular flexibility index (Phi) is 13.2. The fourth-order valence-electron chi connectivity index (χ4n) is 5.71. The topological polar surface area (TPSA) is 55.1 Å². The van der Waals surface area contributed by atoms with Gasteiger partial charge in [0.05, 0.1) is 0 Å². The number of carbonyl (C=O) groups is 1. The lowest BCUT2D eigenvalue weighted by Crippen LogP contribution is -2.36. The lowest BCUT2D eigenvalue weighted by atomic mass is 9.66. The lowest BCUT2D eigenvalue weighted by Gasteiger charge is -2.40. The molecule has 0 aromatic rings. The molecule has 2 saturated carbocycles. The first-order valence-electron chi connectivity index (χ1n) is 13.3. The minimum absolute atomic E-state index is 0.137. The number of carbonyl (C=O) groups excluding carboxylic acids is 1. The molecule has 0 saturated heterocycles. The van der Waals surface area contributed by atoms with Gasteiger partial charge in [0.15, 0.2) is 0 Å². The summed E-state index contributed by atoms with van der Waals surface area (Å²) in [7, 11) is 0. The Morgan fingerprint density at radius 3 is 2.16 bits per heavy atom. The van der Waals surface area contributed by atoms with Gasteiger partial charge in [0.1, 0.15) is 0 Å². The van der Waals surface area contributed by atoms with Gasteiger partial charge in [0, 0.05) is 17.7 Å². The summed E-state index contributed by atoms with van der Waals surface area (Å²) >= 11 is 0. The first kappa shape index (κ1) is 28.7. The van der Waals surface area contributed by atoms with Gasteiger partial charge < -0.3 is 11.1 Å². The van der Waals surface area contributed by atoms with Crippen LogP contribution in [0.4, 0.5) is 0 Å². The molecular weight excluding hydrogens is 392 g/mol. The van der Waals surface area contributed by atoms with Crippen molar-refractivity contribution in [3.63, 3.8) is 0 Å². The van der Waals surface area contributed by atoms with Crippen LogP contribution in [0.25, 0.3) is 0 Å². The highest BCUT2D eigenvalue weighted by molar-refractivity contribution is 5.81. The van der Waals surface area contributed by atoms with Gasteiger partial charge >= 0.3 is 0 Å². The van der Waals surface area contributed by atoms with Crippen LogP contribution in [0.2, 0.25) is 0 Å². The van der Waals surface area contributed by atoms with Gasteiger partial charge in [-0.15, -0.1) is 0 Å². The van der Waals surface area contributed by atoms with E-state index in [2.05, 4.69) is 51.7 Å². The minimum atomic E-state index is 0.137. The van der Waals surface area contributed by atoms with E-state index in [1.165, 1.54) is 32.1 Å². The second-order valence-electron chi connectivity index (χ2n) is 10.8. The van der Waals surface area contributed by atoms with Crippen molar-refractivity contribution in [1.29, 1.82) is 0 Å².